The van der Waals surface area contributed by atoms with E-state index in [4.69, 9.17) is 9.84 Å². The Labute approximate surface area is 189 Å². The highest BCUT2D eigenvalue weighted by atomic mass is 19.1. The molecule has 33 heavy (non-hydrogen) atoms. The van der Waals surface area contributed by atoms with Crippen LogP contribution in [0.5, 0.6) is 0 Å². The van der Waals surface area contributed by atoms with Crippen LogP contribution in [-0.4, -0.2) is 69.9 Å². The molecule has 3 unspecified atom stereocenters. The van der Waals surface area contributed by atoms with Crippen LogP contribution >= 0.6 is 0 Å². The van der Waals surface area contributed by atoms with Gasteiger partial charge in [0.25, 0.3) is 0 Å². The van der Waals surface area contributed by atoms with Gasteiger partial charge in [-0.15, -0.1) is 5.10 Å². The summed E-state index contributed by atoms with van der Waals surface area (Å²) >= 11 is 0. The minimum Gasteiger partial charge on any atom is -0.476 e. The van der Waals surface area contributed by atoms with Crippen LogP contribution in [0.15, 0.2) is 24.4 Å². The SMILES string of the molecule is CC(=O)NCC1CN(c2ccc(N3CCC(n4cc(C(=O)O)nn4)CC3C)c(F)c2)C(=O)O1. The molecule has 11 nitrogen and oxygen atoms in total. The number of hydrogen-bond donors (Lipinski definition) is 2. The Kier molecular flexibility index (Phi) is 6.16. The fourth-order valence-corrected chi connectivity index (χ4v) is 4.29. The summed E-state index contributed by atoms with van der Waals surface area (Å²) < 4.78 is 21.9. The highest BCUT2D eigenvalue weighted by Crippen LogP contribution is 2.34. The zero-order chi connectivity index (χ0) is 23.7. The second-order valence-electron chi connectivity index (χ2n) is 8.30. The van der Waals surface area contributed by atoms with E-state index in [1.165, 1.54) is 24.1 Å². The molecule has 0 bridgehead atoms. The molecular formula is C21H25FN6O5. The molecule has 0 radical (unpaired) electrons. The number of aromatic nitrogens is 3. The van der Waals surface area contributed by atoms with Crippen LogP contribution in [0.4, 0.5) is 20.6 Å². The topological polar surface area (TPSA) is 130 Å². The van der Waals surface area contributed by atoms with E-state index < -0.39 is 24.0 Å². The lowest BCUT2D eigenvalue weighted by atomic mass is 9.97. The first kappa shape index (κ1) is 22.5. The van der Waals surface area contributed by atoms with Crippen LogP contribution < -0.4 is 15.1 Å². The number of piperidine rings is 1. The summed E-state index contributed by atoms with van der Waals surface area (Å²) in [5, 5.41) is 19.2. The van der Waals surface area contributed by atoms with E-state index in [0.717, 1.165) is 0 Å². The van der Waals surface area contributed by atoms with Gasteiger partial charge < -0.3 is 20.1 Å². The van der Waals surface area contributed by atoms with Crippen molar-refractivity contribution in [2.75, 3.05) is 29.4 Å². The smallest absolute Gasteiger partial charge is 0.414 e. The van der Waals surface area contributed by atoms with E-state index in [1.54, 1.807) is 16.8 Å². The van der Waals surface area contributed by atoms with Gasteiger partial charge in [0.05, 0.1) is 36.7 Å². The summed E-state index contributed by atoms with van der Waals surface area (Å²) in [4.78, 5) is 37.6. The summed E-state index contributed by atoms with van der Waals surface area (Å²) in [6.45, 7) is 4.32. The number of carboxylic acids is 1. The molecule has 2 aromatic rings. The van der Waals surface area contributed by atoms with Crippen molar-refractivity contribution in [2.45, 2.75) is 44.9 Å². The number of hydrogen-bond acceptors (Lipinski definition) is 7. The minimum atomic E-state index is -1.13. The maximum Gasteiger partial charge on any atom is 0.414 e. The number of ether oxygens (including phenoxy) is 1. The van der Waals surface area contributed by atoms with Crippen LogP contribution in [0.3, 0.4) is 0 Å². The van der Waals surface area contributed by atoms with E-state index in [0.29, 0.717) is 30.8 Å². The Balaban J connectivity index is 1.42. The van der Waals surface area contributed by atoms with Crippen molar-refractivity contribution < 1.29 is 28.6 Å². The van der Waals surface area contributed by atoms with Crippen LogP contribution in [0, 0.1) is 5.82 Å². The number of amides is 2. The van der Waals surface area contributed by atoms with Crippen molar-refractivity contribution in [3.63, 3.8) is 0 Å². The first-order valence-electron chi connectivity index (χ1n) is 10.7. The molecule has 2 N–H and O–H groups in total. The molecular weight excluding hydrogens is 435 g/mol. The normalized spacial score (nSPS) is 22.9. The molecule has 1 aromatic carbocycles. The van der Waals surface area contributed by atoms with Crippen LogP contribution in [0.25, 0.3) is 0 Å². The molecule has 0 saturated carbocycles. The second-order valence-corrected chi connectivity index (χ2v) is 8.30. The Bertz CT molecular complexity index is 1080. The zero-order valence-electron chi connectivity index (χ0n) is 18.3. The summed E-state index contributed by atoms with van der Waals surface area (Å²) in [5.74, 6) is -1.80. The number of nitrogens with one attached hydrogen (secondary N) is 1. The monoisotopic (exact) mass is 460 g/mol. The third-order valence-electron chi connectivity index (χ3n) is 5.96. The fraction of sp³-hybridized carbons (Fsp3) is 0.476. The molecule has 2 amide bonds. The van der Waals surface area contributed by atoms with Crippen molar-refractivity contribution >= 4 is 29.3 Å². The number of nitrogens with zero attached hydrogens (tertiary/aromatic N) is 5. The third kappa shape index (κ3) is 4.73. The van der Waals surface area contributed by atoms with E-state index in [9.17, 15) is 14.4 Å². The molecule has 176 valence electrons. The summed E-state index contributed by atoms with van der Waals surface area (Å²) in [7, 11) is 0. The number of benzene rings is 1. The lowest BCUT2D eigenvalue weighted by molar-refractivity contribution is -0.119. The average molecular weight is 460 g/mol. The maximum absolute atomic E-state index is 15.1. The molecule has 3 atom stereocenters. The van der Waals surface area contributed by atoms with Crippen molar-refractivity contribution in [3.05, 3.63) is 35.9 Å². The molecule has 4 rings (SSSR count). The summed E-state index contributed by atoms with van der Waals surface area (Å²) in [6, 6.07) is 4.58. The third-order valence-corrected chi connectivity index (χ3v) is 5.96. The first-order valence-corrected chi connectivity index (χ1v) is 10.7. The first-order chi connectivity index (χ1) is 15.7. The number of aromatic carboxylic acids is 1. The molecule has 2 aliphatic heterocycles. The predicted octanol–water partition coefficient (Wildman–Crippen LogP) is 1.81. The van der Waals surface area contributed by atoms with Crippen molar-refractivity contribution in [1.82, 2.24) is 20.3 Å². The fourth-order valence-electron chi connectivity index (χ4n) is 4.29. The Morgan fingerprint density at radius 1 is 1.36 bits per heavy atom. The lowest BCUT2D eigenvalue weighted by Gasteiger charge is -2.39. The standard InChI is InChI=1S/C21H25FN6O5/c1-12-7-15(28-11-18(20(30)31)24-25-28)5-6-26(12)19-4-3-14(8-17(19)22)27-10-16(33-21(27)32)9-23-13(2)29/h3-4,8,11-12,15-16H,5-7,9-10H2,1-2H3,(H,23,29)(H,30,31). The Morgan fingerprint density at radius 2 is 2.15 bits per heavy atom. The van der Waals surface area contributed by atoms with Crippen LogP contribution in [-0.2, 0) is 9.53 Å². The van der Waals surface area contributed by atoms with Gasteiger partial charge in [-0.2, -0.15) is 0 Å². The lowest BCUT2D eigenvalue weighted by Crippen LogP contribution is -2.42. The molecule has 12 heteroatoms. The highest BCUT2D eigenvalue weighted by Gasteiger charge is 2.34. The van der Waals surface area contributed by atoms with Gasteiger partial charge in [-0.1, -0.05) is 5.21 Å². The molecule has 2 saturated heterocycles. The maximum atomic E-state index is 15.1. The van der Waals surface area contributed by atoms with E-state index in [1.807, 2.05) is 11.8 Å². The second kappa shape index (κ2) is 9.04. The van der Waals surface area contributed by atoms with Gasteiger partial charge in [0.15, 0.2) is 5.69 Å². The van der Waals surface area contributed by atoms with Gasteiger partial charge in [-0.3, -0.25) is 9.69 Å². The zero-order valence-corrected chi connectivity index (χ0v) is 18.3. The number of carboxylic acid groups (broad SMARTS) is 1. The minimum absolute atomic E-state index is 0.0274. The molecule has 2 fully saturated rings. The summed E-state index contributed by atoms with van der Waals surface area (Å²) in [6.07, 6.45) is 1.63. The molecule has 3 heterocycles. The van der Waals surface area contributed by atoms with E-state index >= 15 is 4.39 Å². The number of anilines is 2. The van der Waals surface area contributed by atoms with Crippen molar-refractivity contribution in [1.29, 1.82) is 0 Å². The Hall–Kier alpha value is -3.70. The van der Waals surface area contributed by atoms with Gasteiger partial charge in [-0.25, -0.2) is 18.7 Å². The van der Waals surface area contributed by atoms with Gasteiger partial charge in [-0.05, 0) is 38.0 Å². The van der Waals surface area contributed by atoms with Crippen LogP contribution in [0.2, 0.25) is 0 Å². The number of carbonyl (C=O) groups is 3. The Morgan fingerprint density at radius 3 is 2.79 bits per heavy atom. The van der Waals surface area contributed by atoms with E-state index in [2.05, 4.69) is 15.6 Å². The molecule has 0 aliphatic carbocycles. The van der Waals surface area contributed by atoms with Gasteiger partial charge in [0.2, 0.25) is 5.91 Å². The van der Waals surface area contributed by atoms with Crippen molar-refractivity contribution in [2.24, 2.45) is 0 Å². The van der Waals surface area contributed by atoms with Gasteiger partial charge >= 0.3 is 12.1 Å². The molecule has 0 spiro atoms. The number of carbonyl (C=O) groups excluding carboxylic acids is 2. The summed E-state index contributed by atoms with van der Waals surface area (Å²) in [5.41, 5.74) is 0.710. The van der Waals surface area contributed by atoms with E-state index in [-0.39, 0.29) is 36.8 Å². The number of rotatable bonds is 6. The van der Waals surface area contributed by atoms with Gasteiger partial charge in [0.1, 0.15) is 11.9 Å². The quantitative estimate of drug-likeness (QED) is 0.668. The van der Waals surface area contributed by atoms with Crippen LogP contribution in [0.1, 0.15) is 43.2 Å². The predicted molar refractivity (Wildman–Crippen MR) is 115 cm³/mol. The number of halogens is 1. The molecule has 1 aromatic heterocycles. The highest BCUT2D eigenvalue weighted by molar-refractivity contribution is 5.90. The number of cyclic esters (lactones) is 1. The molecule has 2 aliphatic rings. The van der Waals surface area contributed by atoms with Gasteiger partial charge in [0, 0.05) is 19.5 Å². The van der Waals surface area contributed by atoms with Crippen molar-refractivity contribution in [3.8, 4) is 0 Å². The largest absolute Gasteiger partial charge is 0.476 e. The average Bonchev–Trinajstić information content (AvgIpc) is 3.40.